The Morgan fingerprint density at radius 2 is 1.76 bits per heavy atom. The molecule has 0 radical (unpaired) electrons. The zero-order valence-corrected chi connectivity index (χ0v) is 13.1. The van der Waals surface area contributed by atoms with Gasteiger partial charge in [-0.05, 0) is 30.3 Å². The second-order valence-electron chi connectivity index (χ2n) is 5.00. The lowest BCUT2D eigenvalue weighted by atomic mass is 10.1. The van der Waals surface area contributed by atoms with E-state index < -0.39 is 23.8 Å². The predicted molar refractivity (Wildman–Crippen MR) is 85.8 cm³/mol. The van der Waals surface area contributed by atoms with Crippen molar-refractivity contribution in [3.05, 3.63) is 52.3 Å². The molecule has 1 aromatic carbocycles. The van der Waals surface area contributed by atoms with Crippen LogP contribution < -0.4 is 10.6 Å². The van der Waals surface area contributed by atoms with E-state index in [1.165, 1.54) is 30.3 Å². The summed E-state index contributed by atoms with van der Waals surface area (Å²) in [5, 5.41) is 12.9. The first kappa shape index (κ1) is 16.5. The van der Waals surface area contributed by atoms with Crippen LogP contribution >= 0.6 is 11.6 Å². The number of carboxylic acids is 1. The van der Waals surface area contributed by atoms with Gasteiger partial charge in [0.15, 0.2) is 0 Å². The fourth-order valence-electron chi connectivity index (χ4n) is 2.18. The molecule has 0 bridgehead atoms. The van der Waals surface area contributed by atoms with Crippen molar-refractivity contribution >= 4 is 41.5 Å². The lowest BCUT2D eigenvalue weighted by Gasteiger charge is -2.13. The van der Waals surface area contributed by atoms with Crippen molar-refractivity contribution in [2.24, 2.45) is 0 Å². The van der Waals surface area contributed by atoms with Crippen LogP contribution in [0.4, 0.5) is 4.79 Å². The van der Waals surface area contributed by atoms with E-state index in [9.17, 15) is 19.2 Å². The molecule has 9 heteroatoms. The highest BCUT2D eigenvalue weighted by Crippen LogP contribution is 2.28. The van der Waals surface area contributed by atoms with E-state index in [4.69, 9.17) is 21.1 Å². The Morgan fingerprint density at radius 1 is 1.08 bits per heavy atom. The van der Waals surface area contributed by atoms with Gasteiger partial charge in [-0.3, -0.25) is 20.2 Å². The summed E-state index contributed by atoms with van der Waals surface area (Å²) in [4.78, 5) is 45.3. The maximum absolute atomic E-state index is 11.7. The number of carbonyl (C=O) groups excluding carboxylic acids is 3. The van der Waals surface area contributed by atoms with Gasteiger partial charge in [-0.25, -0.2) is 9.59 Å². The number of barbiturate groups is 1. The van der Waals surface area contributed by atoms with Crippen LogP contribution in [0, 0.1) is 0 Å². The van der Waals surface area contributed by atoms with E-state index in [-0.39, 0.29) is 21.9 Å². The second kappa shape index (κ2) is 6.25. The summed E-state index contributed by atoms with van der Waals surface area (Å²) in [5.41, 5.74) is 0.201. The van der Waals surface area contributed by atoms with Crippen LogP contribution in [0.25, 0.3) is 17.4 Å². The van der Waals surface area contributed by atoms with Crippen molar-refractivity contribution < 1.29 is 28.7 Å². The van der Waals surface area contributed by atoms with Gasteiger partial charge in [0.2, 0.25) is 0 Å². The molecule has 1 saturated heterocycles. The van der Waals surface area contributed by atoms with Crippen LogP contribution in [0.1, 0.15) is 16.1 Å². The van der Waals surface area contributed by atoms with Crippen molar-refractivity contribution in [3.63, 3.8) is 0 Å². The first-order valence-corrected chi connectivity index (χ1v) is 7.24. The van der Waals surface area contributed by atoms with Crippen molar-refractivity contribution in [1.82, 2.24) is 10.6 Å². The van der Waals surface area contributed by atoms with Gasteiger partial charge in [-0.1, -0.05) is 17.7 Å². The number of nitrogens with one attached hydrogen (secondary N) is 2. The van der Waals surface area contributed by atoms with Crippen LogP contribution in [0.3, 0.4) is 0 Å². The Kier molecular flexibility index (Phi) is 4.12. The lowest BCUT2D eigenvalue weighted by molar-refractivity contribution is -0.123. The number of carboxylic acid groups (broad SMARTS) is 1. The summed E-state index contributed by atoms with van der Waals surface area (Å²) in [6, 6.07) is 6.48. The number of benzene rings is 1. The van der Waals surface area contributed by atoms with Gasteiger partial charge in [0.05, 0.1) is 10.6 Å². The predicted octanol–water partition coefficient (Wildman–Crippen LogP) is 2.05. The molecule has 1 aliphatic heterocycles. The Labute approximate surface area is 145 Å². The summed E-state index contributed by atoms with van der Waals surface area (Å²) in [5.74, 6) is -2.26. The van der Waals surface area contributed by atoms with Gasteiger partial charge in [-0.15, -0.1) is 0 Å². The normalized spacial score (nSPS) is 14.1. The molecule has 25 heavy (non-hydrogen) atoms. The van der Waals surface area contributed by atoms with Gasteiger partial charge in [0.25, 0.3) is 11.8 Å². The van der Waals surface area contributed by atoms with Crippen molar-refractivity contribution in [3.8, 4) is 11.3 Å². The zero-order chi connectivity index (χ0) is 18.1. The number of hydrogen-bond donors (Lipinski definition) is 3. The van der Waals surface area contributed by atoms with Gasteiger partial charge in [0.1, 0.15) is 17.1 Å². The van der Waals surface area contributed by atoms with Crippen LogP contribution in [-0.2, 0) is 9.59 Å². The van der Waals surface area contributed by atoms with Gasteiger partial charge < -0.3 is 9.52 Å². The first-order valence-electron chi connectivity index (χ1n) is 6.86. The minimum Gasteiger partial charge on any atom is -0.478 e. The number of urea groups is 1. The number of halogens is 1. The maximum atomic E-state index is 11.7. The first-order chi connectivity index (χ1) is 11.8. The molecule has 0 atom stereocenters. The molecule has 3 rings (SSSR count). The third-order valence-electron chi connectivity index (χ3n) is 3.34. The zero-order valence-electron chi connectivity index (χ0n) is 12.3. The molecular weight excluding hydrogens is 352 g/mol. The largest absolute Gasteiger partial charge is 0.478 e. The summed E-state index contributed by atoms with van der Waals surface area (Å²) >= 11 is 5.92. The molecule has 8 nitrogen and oxygen atoms in total. The molecule has 0 unspecified atom stereocenters. The van der Waals surface area contributed by atoms with Crippen LogP contribution in [0.15, 0.2) is 40.3 Å². The van der Waals surface area contributed by atoms with Crippen molar-refractivity contribution in [2.45, 2.75) is 0 Å². The van der Waals surface area contributed by atoms with E-state index >= 15 is 0 Å². The molecule has 1 fully saturated rings. The molecule has 1 aromatic heterocycles. The summed E-state index contributed by atoms with van der Waals surface area (Å²) in [7, 11) is 0. The standard InChI is InChI=1S/C16H9ClN2O6/c17-11-5-7(1-3-9(11)15(22)23)12-4-2-8(25-12)6-10-13(20)18-16(24)19-14(10)21/h1-6H,(H,22,23)(H2,18,19,20,21,24). The Bertz CT molecular complexity index is 937. The maximum Gasteiger partial charge on any atom is 0.337 e. The monoisotopic (exact) mass is 360 g/mol. The number of aromatic carboxylic acids is 1. The quantitative estimate of drug-likeness (QED) is 0.568. The molecule has 3 N–H and O–H groups in total. The van der Waals surface area contributed by atoms with E-state index in [1.54, 1.807) is 6.07 Å². The fraction of sp³-hybridized carbons (Fsp3) is 0. The van der Waals surface area contributed by atoms with E-state index in [2.05, 4.69) is 0 Å². The summed E-state index contributed by atoms with van der Waals surface area (Å²) < 4.78 is 5.52. The number of carbonyl (C=O) groups is 4. The third kappa shape index (κ3) is 3.29. The average molecular weight is 361 g/mol. The van der Waals surface area contributed by atoms with Gasteiger partial charge in [0, 0.05) is 5.56 Å². The summed E-state index contributed by atoms with van der Waals surface area (Å²) in [6.07, 6.45) is 1.19. The fourth-order valence-corrected chi connectivity index (χ4v) is 2.44. The van der Waals surface area contributed by atoms with Crippen LogP contribution in [0.2, 0.25) is 5.02 Å². The third-order valence-corrected chi connectivity index (χ3v) is 3.65. The highest BCUT2D eigenvalue weighted by molar-refractivity contribution is 6.33. The molecule has 126 valence electrons. The smallest absolute Gasteiger partial charge is 0.337 e. The lowest BCUT2D eigenvalue weighted by Crippen LogP contribution is -2.51. The molecule has 0 saturated carbocycles. The molecule has 4 amide bonds. The number of imide groups is 2. The molecule has 2 aromatic rings. The van der Waals surface area contributed by atoms with Gasteiger partial charge in [-0.2, -0.15) is 0 Å². The Morgan fingerprint density at radius 3 is 2.36 bits per heavy atom. The van der Waals surface area contributed by atoms with E-state index in [0.717, 1.165) is 0 Å². The molecule has 2 heterocycles. The number of rotatable bonds is 3. The van der Waals surface area contributed by atoms with Crippen LogP contribution in [0.5, 0.6) is 0 Å². The highest BCUT2D eigenvalue weighted by atomic mass is 35.5. The minimum absolute atomic E-state index is 0.0421. The molecule has 0 aliphatic carbocycles. The SMILES string of the molecule is O=C1NC(=O)C(=Cc2ccc(-c3ccc(C(=O)O)c(Cl)c3)o2)C(=O)N1. The topological polar surface area (TPSA) is 126 Å². The van der Waals surface area contributed by atoms with Crippen LogP contribution in [-0.4, -0.2) is 28.9 Å². The average Bonchev–Trinajstić information content (AvgIpc) is 2.99. The summed E-state index contributed by atoms with van der Waals surface area (Å²) in [6.45, 7) is 0. The number of furan rings is 1. The van der Waals surface area contributed by atoms with E-state index in [1.807, 2.05) is 10.6 Å². The van der Waals surface area contributed by atoms with E-state index in [0.29, 0.717) is 11.3 Å². The highest BCUT2D eigenvalue weighted by Gasteiger charge is 2.28. The van der Waals surface area contributed by atoms with Crippen molar-refractivity contribution in [2.75, 3.05) is 0 Å². The number of hydrogen-bond acceptors (Lipinski definition) is 5. The Balaban J connectivity index is 1.90. The Hall–Kier alpha value is -3.39. The minimum atomic E-state index is -1.15. The van der Waals surface area contributed by atoms with Gasteiger partial charge >= 0.3 is 12.0 Å². The number of amides is 4. The molecule has 0 spiro atoms. The molecule has 1 aliphatic rings. The molecular formula is C16H9ClN2O6. The van der Waals surface area contributed by atoms with Crippen molar-refractivity contribution in [1.29, 1.82) is 0 Å². The second-order valence-corrected chi connectivity index (χ2v) is 5.40.